The van der Waals surface area contributed by atoms with Crippen LogP contribution in [0, 0.1) is 0 Å². The van der Waals surface area contributed by atoms with Gasteiger partial charge in [-0.15, -0.1) is 0 Å². The van der Waals surface area contributed by atoms with Gasteiger partial charge in [0.15, 0.2) is 12.6 Å². The van der Waals surface area contributed by atoms with E-state index in [9.17, 15) is 45.6 Å². The summed E-state index contributed by atoms with van der Waals surface area (Å²) in [5.74, 6) is -0.421. The smallest absolute Gasteiger partial charge is 0.217 e. The average molecular weight is 624 g/mol. The first-order valence-electron chi connectivity index (χ1n) is 15.4. The Balaban J connectivity index is 1.90. The first-order valence-corrected chi connectivity index (χ1v) is 15.4. The second kappa shape index (κ2) is 20.0. The lowest BCUT2D eigenvalue weighted by molar-refractivity contribution is -0.359. The van der Waals surface area contributed by atoms with Crippen molar-refractivity contribution in [3.63, 3.8) is 0 Å². The number of unbranched alkanes of at least 4 members (excludes halogenated alkanes) is 8. The van der Waals surface area contributed by atoms with E-state index in [0.717, 1.165) is 19.3 Å². The number of hydrogen-bond acceptors (Lipinski definition) is 13. The van der Waals surface area contributed by atoms with Crippen molar-refractivity contribution in [1.29, 1.82) is 0 Å². The molecule has 0 radical (unpaired) electrons. The van der Waals surface area contributed by atoms with E-state index >= 15 is 0 Å². The Morgan fingerprint density at radius 2 is 1.40 bits per heavy atom. The molecule has 2 fully saturated rings. The normalized spacial score (nSPS) is 34.7. The highest BCUT2D eigenvalue weighted by atomic mass is 16.7. The summed E-state index contributed by atoms with van der Waals surface area (Å²) in [7, 11) is 0. The van der Waals surface area contributed by atoms with Crippen molar-refractivity contribution >= 4 is 5.91 Å². The average Bonchev–Trinajstić information content (AvgIpc) is 2.98. The zero-order valence-electron chi connectivity index (χ0n) is 25.2. The summed E-state index contributed by atoms with van der Waals surface area (Å²) in [6, 6.07) is -0.907. The van der Waals surface area contributed by atoms with E-state index in [1.807, 2.05) is 6.08 Å². The number of allylic oxidation sites excluding steroid dienone is 1. The number of carbonyl (C=O) groups excluding carboxylic acids is 1. The minimum atomic E-state index is -1.78. The number of carbonyl (C=O) groups is 1. The molecule has 14 heteroatoms. The molecule has 0 aromatic heterocycles. The van der Waals surface area contributed by atoms with Crippen molar-refractivity contribution in [2.45, 2.75) is 145 Å². The van der Waals surface area contributed by atoms with Crippen LogP contribution in [0.1, 0.15) is 71.6 Å². The fraction of sp³-hybridized carbons (Fsp3) is 0.897. The molecule has 0 aromatic carbocycles. The van der Waals surface area contributed by atoms with Crippen molar-refractivity contribution in [2.75, 3.05) is 19.8 Å². The molecule has 12 atom stereocenters. The van der Waals surface area contributed by atoms with E-state index in [1.54, 1.807) is 6.08 Å². The fourth-order valence-corrected chi connectivity index (χ4v) is 5.14. The van der Waals surface area contributed by atoms with E-state index in [1.165, 1.54) is 45.4 Å². The molecule has 0 bridgehead atoms. The first kappa shape index (κ1) is 37.9. The van der Waals surface area contributed by atoms with Gasteiger partial charge in [0, 0.05) is 6.92 Å². The zero-order valence-corrected chi connectivity index (χ0v) is 25.2. The monoisotopic (exact) mass is 623 g/mol. The van der Waals surface area contributed by atoms with Crippen molar-refractivity contribution < 1.29 is 64.6 Å². The predicted molar refractivity (Wildman–Crippen MR) is 152 cm³/mol. The van der Waals surface area contributed by atoms with Gasteiger partial charge in [-0.2, -0.15) is 0 Å². The maximum absolute atomic E-state index is 11.8. The molecular formula is C29H53NO13. The summed E-state index contributed by atoms with van der Waals surface area (Å²) in [6.45, 7) is 1.74. The summed E-state index contributed by atoms with van der Waals surface area (Å²) >= 11 is 0. The Hall–Kier alpha value is -1.27. The van der Waals surface area contributed by atoms with E-state index in [-0.39, 0.29) is 6.61 Å². The van der Waals surface area contributed by atoms with Gasteiger partial charge in [-0.05, 0) is 12.8 Å². The number of rotatable bonds is 19. The Kier molecular flexibility index (Phi) is 17.6. The number of aliphatic hydroxyl groups excluding tert-OH is 8. The van der Waals surface area contributed by atoms with Crippen molar-refractivity contribution in [1.82, 2.24) is 5.32 Å². The van der Waals surface area contributed by atoms with Gasteiger partial charge in [-0.25, -0.2) is 0 Å². The molecule has 1 amide bonds. The second-order valence-electron chi connectivity index (χ2n) is 11.3. The molecule has 2 aliphatic heterocycles. The van der Waals surface area contributed by atoms with Crippen molar-refractivity contribution in [3.8, 4) is 0 Å². The fourth-order valence-electron chi connectivity index (χ4n) is 5.14. The van der Waals surface area contributed by atoms with Gasteiger partial charge < -0.3 is 65.1 Å². The Bertz CT molecular complexity index is 800. The lowest BCUT2D eigenvalue weighted by Crippen LogP contribution is -2.65. The second-order valence-corrected chi connectivity index (χ2v) is 11.3. The number of hydrogen-bond donors (Lipinski definition) is 9. The van der Waals surface area contributed by atoms with Gasteiger partial charge in [0.1, 0.15) is 48.8 Å². The van der Waals surface area contributed by atoms with Gasteiger partial charge >= 0.3 is 0 Å². The molecule has 2 rings (SSSR count). The molecule has 9 N–H and O–H groups in total. The van der Waals surface area contributed by atoms with Gasteiger partial charge in [-0.3, -0.25) is 4.79 Å². The molecule has 0 spiro atoms. The Labute approximate surface area is 253 Å². The van der Waals surface area contributed by atoms with E-state index in [4.69, 9.17) is 18.9 Å². The minimum Gasteiger partial charge on any atom is -0.394 e. The van der Waals surface area contributed by atoms with E-state index in [2.05, 4.69) is 12.2 Å². The van der Waals surface area contributed by atoms with Crippen LogP contribution in [-0.2, 0) is 23.7 Å². The summed E-state index contributed by atoms with van der Waals surface area (Å²) in [5, 5.41) is 84.2. The number of ether oxygens (including phenoxy) is 4. The quantitative estimate of drug-likeness (QED) is 0.0595. The zero-order chi connectivity index (χ0) is 31.9. The van der Waals surface area contributed by atoms with Gasteiger partial charge in [0.05, 0.1) is 32.0 Å². The van der Waals surface area contributed by atoms with Crippen LogP contribution < -0.4 is 5.32 Å². The number of aliphatic hydroxyl groups is 8. The Morgan fingerprint density at radius 3 is 2.00 bits per heavy atom. The molecule has 12 unspecified atom stereocenters. The van der Waals surface area contributed by atoms with E-state index in [0.29, 0.717) is 0 Å². The summed E-state index contributed by atoms with van der Waals surface area (Å²) in [4.78, 5) is 11.8. The SMILES string of the molecule is CCCCCCCCCC/C=C/C(O)C(COC1OC(CO)C(OC2OC(CO)C(O)C(O)C2O)C(O)C1O)NC(C)=O. The van der Waals surface area contributed by atoms with Crippen LogP contribution in [0.2, 0.25) is 0 Å². The van der Waals surface area contributed by atoms with Crippen molar-refractivity contribution in [2.24, 2.45) is 0 Å². The van der Waals surface area contributed by atoms with Crippen LogP contribution >= 0.6 is 0 Å². The molecule has 2 aliphatic rings. The minimum absolute atomic E-state index is 0.312. The third-order valence-corrected chi connectivity index (χ3v) is 7.76. The first-order chi connectivity index (χ1) is 20.5. The molecule has 252 valence electrons. The third-order valence-electron chi connectivity index (χ3n) is 7.76. The maximum atomic E-state index is 11.8. The molecule has 14 nitrogen and oxygen atoms in total. The van der Waals surface area contributed by atoms with Crippen LogP contribution in [-0.4, -0.2) is 140 Å². The molecule has 2 heterocycles. The standard InChI is InChI=1S/C29H53NO13/c1-3-4-5-6-7-8-9-10-11-12-13-19(34)18(30-17(2)33)16-40-28-26(39)24(37)27(21(15-32)42-28)43-29-25(38)23(36)22(35)20(14-31)41-29/h12-13,18-29,31-32,34-39H,3-11,14-16H2,1-2H3,(H,30,33)/b13-12+. The molecule has 2 saturated heterocycles. The summed E-state index contributed by atoms with van der Waals surface area (Å²) in [6.07, 6.45) is -3.25. The highest BCUT2D eigenvalue weighted by Gasteiger charge is 2.50. The highest BCUT2D eigenvalue weighted by Crippen LogP contribution is 2.29. The molecule has 0 aliphatic carbocycles. The third kappa shape index (κ3) is 11.9. The van der Waals surface area contributed by atoms with Gasteiger partial charge in [0.25, 0.3) is 0 Å². The maximum Gasteiger partial charge on any atom is 0.217 e. The number of amides is 1. The Morgan fingerprint density at radius 1 is 0.814 bits per heavy atom. The van der Waals surface area contributed by atoms with Crippen LogP contribution in [0.3, 0.4) is 0 Å². The number of nitrogens with one attached hydrogen (secondary N) is 1. The highest BCUT2D eigenvalue weighted by molar-refractivity contribution is 5.73. The van der Waals surface area contributed by atoms with Gasteiger partial charge in [0.2, 0.25) is 5.91 Å². The van der Waals surface area contributed by atoms with Crippen LogP contribution in [0.4, 0.5) is 0 Å². The lowest BCUT2D eigenvalue weighted by Gasteiger charge is -2.46. The molecule has 0 saturated carbocycles. The van der Waals surface area contributed by atoms with Gasteiger partial charge in [-0.1, -0.05) is 64.0 Å². The lowest BCUT2D eigenvalue weighted by atomic mass is 9.97. The molecule has 0 aromatic rings. The molecule has 43 heavy (non-hydrogen) atoms. The van der Waals surface area contributed by atoms with Crippen LogP contribution in [0.15, 0.2) is 12.2 Å². The van der Waals surface area contributed by atoms with Crippen LogP contribution in [0.25, 0.3) is 0 Å². The predicted octanol–water partition coefficient (Wildman–Crippen LogP) is -1.42. The van der Waals surface area contributed by atoms with Crippen molar-refractivity contribution in [3.05, 3.63) is 12.2 Å². The van der Waals surface area contributed by atoms with Crippen LogP contribution in [0.5, 0.6) is 0 Å². The molecular weight excluding hydrogens is 570 g/mol. The van der Waals surface area contributed by atoms with E-state index < -0.39 is 92.7 Å². The summed E-state index contributed by atoms with van der Waals surface area (Å²) < 4.78 is 22.0. The summed E-state index contributed by atoms with van der Waals surface area (Å²) in [5.41, 5.74) is 0. The largest absolute Gasteiger partial charge is 0.394 e. The topological polar surface area (TPSA) is 228 Å².